The second-order valence-corrected chi connectivity index (χ2v) is 9.76. The third kappa shape index (κ3) is 4.08. The van der Waals surface area contributed by atoms with Crippen LogP contribution in [0.25, 0.3) is 11.3 Å². The number of pyridine rings is 1. The normalized spacial score (nSPS) is 18.1. The Bertz CT molecular complexity index is 1140. The average Bonchev–Trinajstić information content (AvgIpc) is 3.07. The van der Waals surface area contributed by atoms with Crippen molar-refractivity contribution in [3.8, 4) is 11.3 Å². The highest BCUT2D eigenvalue weighted by Crippen LogP contribution is 2.31. The summed E-state index contributed by atoms with van der Waals surface area (Å²) in [4.78, 5) is 5.10. The van der Waals surface area contributed by atoms with Crippen molar-refractivity contribution in [2.75, 3.05) is 13.1 Å². The predicted molar refractivity (Wildman–Crippen MR) is 113 cm³/mol. The van der Waals surface area contributed by atoms with Crippen LogP contribution in [0.3, 0.4) is 0 Å². The van der Waals surface area contributed by atoms with Crippen molar-refractivity contribution in [1.82, 2.24) is 19.1 Å². The first-order valence-corrected chi connectivity index (χ1v) is 11.4. The topological polar surface area (TPSA) is 68.1 Å². The van der Waals surface area contributed by atoms with Gasteiger partial charge in [-0.2, -0.15) is 9.40 Å². The smallest absolute Gasteiger partial charge is 0.246 e. The highest BCUT2D eigenvalue weighted by Gasteiger charge is 2.33. The molecular formula is C21H23ClN4O2S. The molecular weight excluding hydrogens is 408 g/mol. The van der Waals surface area contributed by atoms with Crippen molar-refractivity contribution in [2.24, 2.45) is 7.05 Å². The number of aromatic nitrogens is 3. The summed E-state index contributed by atoms with van der Waals surface area (Å²) in [5.41, 5.74) is 3.22. The van der Waals surface area contributed by atoms with Crippen molar-refractivity contribution < 1.29 is 8.42 Å². The molecule has 1 aliphatic heterocycles. The summed E-state index contributed by atoms with van der Waals surface area (Å²) in [7, 11) is -1.84. The van der Waals surface area contributed by atoms with E-state index in [0.717, 1.165) is 29.8 Å². The van der Waals surface area contributed by atoms with E-state index in [-0.39, 0.29) is 10.8 Å². The van der Waals surface area contributed by atoms with Crippen LogP contribution in [0.4, 0.5) is 0 Å². The van der Waals surface area contributed by atoms with Crippen molar-refractivity contribution in [2.45, 2.75) is 30.6 Å². The van der Waals surface area contributed by atoms with Gasteiger partial charge >= 0.3 is 0 Å². The quantitative estimate of drug-likeness (QED) is 0.627. The zero-order chi connectivity index (χ0) is 20.6. The van der Waals surface area contributed by atoms with Crippen LogP contribution in [0.2, 0.25) is 5.02 Å². The molecule has 8 heteroatoms. The minimum atomic E-state index is -3.58. The standard InChI is InChI=1S/C21H23ClN4O2S/c1-15-21(14-25(2)24-15)29(27,28)26-11-5-7-17(13-26)20-10-4-9-19(23-20)16-6-3-8-18(22)12-16/h3-4,6,8-10,12,14,17H,5,7,11,13H2,1-2H3/t17-/m0/s1. The number of piperidine rings is 1. The van der Waals surface area contributed by atoms with Crippen molar-refractivity contribution in [3.63, 3.8) is 0 Å². The fourth-order valence-corrected chi connectivity index (χ4v) is 5.77. The molecule has 6 nitrogen and oxygen atoms in total. The lowest BCUT2D eigenvalue weighted by molar-refractivity contribution is 0.312. The van der Waals surface area contributed by atoms with Gasteiger partial charge in [-0.1, -0.05) is 29.8 Å². The monoisotopic (exact) mass is 430 g/mol. The van der Waals surface area contributed by atoms with E-state index in [1.54, 1.807) is 29.2 Å². The molecule has 1 aromatic carbocycles. The van der Waals surface area contributed by atoms with E-state index in [1.807, 2.05) is 42.5 Å². The summed E-state index contributed by atoms with van der Waals surface area (Å²) in [6, 6.07) is 13.5. The molecule has 2 aromatic heterocycles. The summed E-state index contributed by atoms with van der Waals surface area (Å²) >= 11 is 6.12. The summed E-state index contributed by atoms with van der Waals surface area (Å²) < 4.78 is 29.4. The molecule has 1 fully saturated rings. The lowest BCUT2D eigenvalue weighted by atomic mass is 9.95. The van der Waals surface area contributed by atoms with Crippen LogP contribution < -0.4 is 0 Å². The Morgan fingerprint density at radius 3 is 2.69 bits per heavy atom. The van der Waals surface area contributed by atoms with Crippen molar-refractivity contribution >= 4 is 21.6 Å². The lowest BCUT2D eigenvalue weighted by Gasteiger charge is -2.31. The number of aryl methyl sites for hydroxylation is 2. The lowest BCUT2D eigenvalue weighted by Crippen LogP contribution is -2.39. The van der Waals surface area contributed by atoms with Crippen LogP contribution in [-0.4, -0.2) is 40.6 Å². The van der Waals surface area contributed by atoms with Gasteiger partial charge < -0.3 is 0 Å². The van der Waals surface area contributed by atoms with Gasteiger partial charge in [0.2, 0.25) is 10.0 Å². The summed E-state index contributed by atoms with van der Waals surface area (Å²) in [6.45, 7) is 2.66. The van der Waals surface area contributed by atoms with E-state index in [0.29, 0.717) is 23.8 Å². The Labute approximate surface area is 176 Å². The number of benzene rings is 1. The maximum atomic E-state index is 13.2. The number of halogens is 1. The highest BCUT2D eigenvalue weighted by molar-refractivity contribution is 7.89. The molecule has 0 amide bonds. The summed E-state index contributed by atoms with van der Waals surface area (Å²) in [5, 5.41) is 4.85. The molecule has 0 aliphatic carbocycles. The number of hydrogen-bond donors (Lipinski definition) is 0. The Morgan fingerprint density at radius 1 is 1.17 bits per heavy atom. The fourth-order valence-electron chi connectivity index (χ4n) is 3.86. The number of nitrogens with zero attached hydrogens (tertiary/aromatic N) is 4. The Hall–Kier alpha value is -2.22. The van der Waals surface area contributed by atoms with Crippen molar-refractivity contribution in [1.29, 1.82) is 0 Å². The second kappa shape index (κ2) is 7.89. The van der Waals surface area contributed by atoms with Gasteiger partial charge in [-0.15, -0.1) is 0 Å². The fraction of sp³-hybridized carbons (Fsp3) is 0.333. The van der Waals surface area contributed by atoms with Gasteiger partial charge in [0.1, 0.15) is 4.90 Å². The molecule has 0 bridgehead atoms. The molecule has 29 heavy (non-hydrogen) atoms. The molecule has 0 radical (unpaired) electrons. The van der Waals surface area contributed by atoms with E-state index in [9.17, 15) is 8.42 Å². The molecule has 0 saturated carbocycles. The Kier molecular flexibility index (Phi) is 5.46. The van der Waals surface area contributed by atoms with Crippen LogP contribution in [0.15, 0.2) is 53.6 Å². The van der Waals surface area contributed by atoms with E-state index in [2.05, 4.69) is 5.10 Å². The van der Waals surface area contributed by atoms with Gasteiger partial charge in [-0.3, -0.25) is 9.67 Å². The predicted octanol–water partition coefficient (Wildman–Crippen LogP) is 4.01. The molecule has 0 N–H and O–H groups in total. The molecule has 3 heterocycles. The third-order valence-corrected chi connectivity index (χ3v) is 7.48. The van der Waals surface area contributed by atoms with Gasteiger partial charge in [0, 0.05) is 48.5 Å². The molecule has 0 unspecified atom stereocenters. The maximum Gasteiger partial charge on any atom is 0.246 e. The van der Waals surface area contributed by atoms with Crippen LogP contribution >= 0.6 is 11.6 Å². The van der Waals surface area contributed by atoms with E-state index in [4.69, 9.17) is 16.6 Å². The molecule has 1 saturated heterocycles. The molecule has 4 rings (SSSR count). The van der Waals surface area contributed by atoms with Gasteiger partial charge in [-0.05, 0) is 44.0 Å². The van der Waals surface area contributed by atoms with Crippen LogP contribution in [0, 0.1) is 6.92 Å². The van der Waals surface area contributed by atoms with Crippen LogP contribution in [0.5, 0.6) is 0 Å². The minimum Gasteiger partial charge on any atom is -0.274 e. The van der Waals surface area contributed by atoms with Gasteiger partial charge in [0.05, 0.1) is 11.4 Å². The zero-order valence-electron chi connectivity index (χ0n) is 16.4. The summed E-state index contributed by atoms with van der Waals surface area (Å²) in [5.74, 6) is 0.0506. The van der Waals surface area contributed by atoms with Gasteiger partial charge in [-0.25, -0.2) is 8.42 Å². The SMILES string of the molecule is Cc1nn(C)cc1S(=O)(=O)N1CCC[C@H](c2cccc(-c3cccc(Cl)c3)n2)C1. The number of rotatable bonds is 4. The van der Waals surface area contributed by atoms with Crippen LogP contribution in [-0.2, 0) is 17.1 Å². The average molecular weight is 431 g/mol. The zero-order valence-corrected chi connectivity index (χ0v) is 18.0. The highest BCUT2D eigenvalue weighted by atomic mass is 35.5. The number of sulfonamides is 1. The number of hydrogen-bond acceptors (Lipinski definition) is 4. The van der Waals surface area contributed by atoms with Gasteiger partial charge in [0.15, 0.2) is 0 Å². The van der Waals surface area contributed by atoms with Crippen molar-refractivity contribution in [3.05, 3.63) is 65.1 Å². The Balaban J connectivity index is 1.61. The second-order valence-electron chi connectivity index (χ2n) is 7.41. The molecule has 152 valence electrons. The van der Waals surface area contributed by atoms with E-state index >= 15 is 0 Å². The molecule has 0 spiro atoms. The van der Waals surface area contributed by atoms with Gasteiger partial charge in [0.25, 0.3) is 0 Å². The largest absolute Gasteiger partial charge is 0.274 e. The molecule has 3 aromatic rings. The molecule has 1 atom stereocenters. The van der Waals surface area contributed by atoms with E-state index < -0.39 is 10.0 Å². The first-order valence-electron chi connectivity index (χ1n) is 9.58. The minimum absolute atomic E-state index is 0.0506. The first kappa shape index (κ1) is 20.1. The van der Waals surface area contributed by atoms with E-state index in [1.165, 1.54) is 0 Å². The maximum absolute atomic E-state index is 13.2. The molecule has 1 aliphatic rings. The first-order chi connectivity index (χ1) is 13.8. The van der Waals surface area contributed by atoms with Crippen LogP contribution in [0.1, 0.15) is 30.1 Å². The Morgan fingerprint density at radius 2 is 1.97 bits per heavy atom. The summed E-state index contributed by atoms with van der Waals surface area (Å²) in [6.07, 6.45) is 3.28. The third-order valence-electron chi connectivity index (χ3n) is 5.28.